The molecule has 3 aliphatic rings. The third kappa shape index (κ3) is 3.91. The number of piperidine rings is 2. The van der Waals surface area contributed by atoms with Crippen molar-refractivity contribution in [2.24, 2.45) is 5.92 Å². The second-order valence-corrected chi connectivity index (χ2v) is 9.74. The fourth-order valence-corrected chi connectivity index (χ4v) is 6.60. The van der Waals surface area contributed by atoms with E-state index in [9.17, 15) is 4.79 Å². The number of anilines is 1. The van der Waals surface area contributed by atoms with Gasteiger partial charge in [-0.15, -0.1) is 11.3 Å². The van der Waals surface area contributed by atoms with Gasteiger partial charge in [-0.2, -0.15) is 0 Å². The molecule has 0 spiro atoms. The molecule has 5 nitrogen and oxygen atoms in total. The molecule has 0 radical (unpaired) electrons. The third-order valence-corrected chi connectivity index (χ3v) is 8.20. The van der Waals surface area contributed by atoms with Crippen LogP contribution < -0.4 is 4.90 Å². The van der Waals surface area contributed by atoms with E-state index in [0.29, 0.717) is 12.0 Å². The molecule has 0 unspecified atom stereocenters. The van der Waals surface area contributed by atoms with Crippen LogP contribution in [0.15, 0.2) is 29.9 Å². The topological polar surface area (TPSA) is 49.3 Å². The Kier molecular flexibility index (Phi) is 5.53. The van der Waals surface area contributed by atoms with Crippen LogP contribution in [0.5, 0.6) is 0 Å². The minimum Gasteiger partial charge on any atom is -0.341 e. The van der Waals surface area contributed by atoms with Crippen LogP contribution in [0.3, 0.4) is 0 Å². The van der Waals surface area contributed by atoms with Gasteiger partial charge in [0.2, 0.25) is 5.95 Å². The minimum atomic E-state index is 0.277. The Labute approximate surface area is 177 Å². The quantitative estimate of drug-likeness (QED) is 0.735. The Bertz CT molecular complexity index is 828. The number of aromatic nitrogens is 2. The SMILES string of the molecule is O=C(c1csc(C2CCN(c3ncccn3)CC2)c1)N1CCC[C@@H]2CCCC[C@@H]21. The van der Waals surface area contributed by atoms with Crippen molar-refractivity contribution in [3.8, 4) is 0 Å². The predicted molar refractivity (Wildman–Crippen MR) is 117 cm³/mol. The van der Waals surface area contributed by atoms with Crippen molar-refractivity contribution in [1.82, 2.24) is 14.9 Å². The van der Waals surface area contributed by atoms with Crippen LogP contribution in [0, 0.1) is 5.92 Å². The lowest BCUT2D eigenvalue weighted by molar-refractivity contribution is 0.0391. The Hall–Kier alpha value is -1.95. The van der Waals surface area contributed by atoms with Crippen molar-refractivity contribution in [3.05, 3.63) is 40.3 Å². The number of thiophene rings is 1. The van der Waals surface area contributed by atoms with Gasteiger partial charge in [0, 0.05) is 48.3 Å². The van der Waals surface area contributed by atoms with Crippen molar-refractivity contribution in [1.29, 1.82) is 0 Å². The molecule has 0 bridgehead atoms. The average molecular weight is 411 g/mol. The average Bonchev–Trinajstić information content (AvgIpc) is 3.29. The Balaban J connectivity index is 1.23. The number of amides is 1. The molecular weight excluding hydrogens is 380 g/mol. The van der Waals surface area contributed by atoms with Crippen LogP contribution >= 0.6 is 11.3 Å². The molecule has 2 aromatic heterocycles. The fraction of sp³-hybridized carbons (Fsp3) is 0.609. The van der Waals surface area contributed by atoms with Crippen LogP contribution in [0.25, 0.3) is 0 Å². The maximum atomic E-state index is 13.3. The van der Waals surface area contributed by atoms with E-state index in [4.69, 9.17) is 0 Å². The molecule has 2 aromatic rings. The van der Waals surface area contributed by atoms with Gasteiger partial charge in [0.05, 0.1) is 5.56 Å². The molecule has 6 heteroatoms. The number of likely N-dealkylation sites (tertiary alicyclic amines) is 1. The molecule has 4 heterocycles. The predicted octanol–water partition coefficient (Wildman–Crippen LogP) is 4.72. The molecule has 154 valence electrons. The van der Waals surface area contributed by atoms with E-state index < -0.39 is 0 Å². The summed E-state index contributed by atoms with van der Waals surface area (Å²) in [6.45, 7) is 2.90. The zero-order chi connectivity index (χ0) is 19.6. The van der Waals surface area contributed by atoms with Crippen LogP contribution in [0.2, 0.25) is 0 Å². The summed E-state index contributed by atoms with van der Waals surface area (Å²) in [5.41, 5.74) is 0.921. The summed E-state index contributed by atoms with van der Waals surface area (Å²) < 4.78 is 0. The maximum Gasteiger partial charge on any atom is 0.254 e. The first-order valence-corrected chi connectivity index (χ1v) is 12.1. The van der Waals surface area contributed by atoms with Crippen molar-refractivity contribution >= 4 is 23.2 Å². The molecule has 1 aliphatic carbocycles. The monoisotopic (exact) mass is 410 g/mol. The largest absolute Gasteiger partial charge is 0.341 e. The van der Waals surface area contributed by atoms with Crippen LogP contribution in [-0.4, -0.2) is 46.5 Å². The van der Waals surface area contributed by atoms with Crippen molar-refractivity contribution in [2.45, 2.75) is 63.3 Å². The van der Waals surface area contributed by atoms with Crippen LogP contribution in [-0.2, 0) is 0 Å². The van der Waals surface area contributed by atoms with E-state index in [1.165, 1.54) is 43.4 Å². The Morgan fingerprint density at radius 1 is 0.966 bits per heavy atom. The van der Waals surface area contributed by atoms with Gasteiger partial charge in [0.1, 0.15) is 0 Å². The molecule has 5 rings (SSSR count). The van der Waals surface area contributed by atoms with E-state index in [0.717, 1.165) is 49.9 Å². The van der Waals surface area contributed by atoms with Crippen molar-refractivity contribution < 1.29 is 4.79 Å². The highest BCUT2D eigenvalue weighted by Crippen LogP contribution is 2.37. The lowest BCUT2D eigenvalue weighted by Gasteiger charge is -2.44. The molecule has 1 saturated carbocycles. The standard InChI is InChI=1S/C23H30N4OS/c28-22(27-12-3-6-17-5-1-2-7-20(17)27)19-15-21(29-16-19)18-8-13-26(14-9-18)23-24-10-4-11-25-23/h4,10-11,15-18,20H,1-3,5-9,12-14H2/t17-,20-/m0/s1. The van der Waals surface area contributed by atoms with Gasteiger partial charge in [-0.3, -0.25) is 4.79 Å². The molecule has 2 aliphatic heterocycles. The number of nitrogens with zero attached hydrogens (tertiary/aromatic N) is 4. The molecule has 2 saturated heterocycles. The summed E-state index contributed by atoms with van der Waals surface area (Å²) in [5, 5.41) is 2.11. The molecule has 0 N–H and O–H groups in total. The molecule has 2 atom stereocenters. The Morgan fingerprint density at radius 2 is 1.72 bits per heavy atom. The van der Waals surface area contributed by atoms with Crippen molar-refractivity contribution in [3.63, 3.8) is 0 Å². The van der Waals surface area contributed by atoms with Crippen molar-refractivity contribution in [2.75, 3.05) is 24.5 Å². The zero-order valence-electron chi connectivity index (χ0n) is 17.0. The maximum absolute atomic E-state index is 13.3. The highest BCUT2D eigenvalue weighted by atomic mass is 32.1. The van der Waals surface area contributed by atoms with E-state index in [-0.39, 0.29) is 5.91 Å². The number of carbonyl (C=O) groups excluding carboxylic acids is 1. The zero-order valence-corrected chi connectivity index (χ0v) is 17.8. The number of rotatable bonds is 3. The first-order valence-electron chi connectivity index (χ1n) is 11.2. The van der Waals surface area contributed by atoms with Gasteiger partial charge in [-0.1, -0.05) is 12.8 Å². The van der Waals surface area contributed by atoms with E-state index in [2.05, 4.69) is 31.2 Å². The Morgan fingerprint density at radius 3 is 2.55 bits per heavy atom. The fourth-order valence-electron chi connectivity index (χ4n) is 5.54. The van der Waals surface area contributed by atoms with E-state index in [1.54, 1.807) is 11.3 Å². The number of hydrogen-bond acceptors (Lipinski definition) is 5. The number of fused-ring (bicyclic) bond motifs is 1. The summed E-state index contributed by atoms with van der Waals surface area (Å²) in [7, 11) is 0. The van der Waals surface area contributed by atoms with Gasteiger partial charge < -0.3 is 9.80 Å². The number of carbonyl (C=O) groups is 1. The first-order chi connectivity index (χ1) is 14.3. The second kappa shape index (κ2) is 8.42. The smallest absolute Gasteiger partial charge is 0.254 e. The van der Waals surface area contributed by atoms with Gasteiger partial charge in [-0.25, -0.2) is 9.97 Å². The highest BCUT2D eigenvalue weighted by molar-refractivity contribution is 7.10. The highest BCUT2D eigenvalue weighted by Gasteiger charge is 2.36. The minimum absolute atomic E-state index is 0.277. The third-order valence-electron chi connectivity index (χ3n) is 7.10. The van der Waals surface area contributed by atoms with Gasteiger partial charge in [0.15, 0.2) is 0 Å². The molecule has 3 fully saturated rings. The van der Waals surface area contributed by atoms with Gasteiger partial charge >= 0.3 is 0 Å². The first kappa shape index (κ1) is 19.0. The summed E-state index contributed by atoms with van der Waals surface area (Å²) in [6, 6.07) is 4.54. The molecule has 29 heavy (non-hydrogen) atoms. The second-order valence-electron chi connectivity index (χ2n) is 8.80. The summed E-state index contributed by atoms with van der Waals surface area (Å²) in [6.07, 6.45) is 13.4. The molecule has 0 aromatic carbocycles. The van der Waals surface area contributed by atoms with Gasteiger partial charge in [0.25, 0.3) is 5.91 Å². The molecule has 1 amide bonds. The summed E-state index contributed by atoms with van der Waals surface area (Å²) in [4.78, 5) is 27.9. The van der Waals surface area contributed by atoms with E-state index in [1.807, 2.05) is 18.5 Å². The normalized spacial score (nSPS) is 25.7. The lowest BCUT2D eigenvalue weighted by Crippen LogP contribution is -2.49. The van der Waals surface area contributed by atoms with Crippen LogP contribution in [0.1, 0.15) is 72.5 Å². The summed E-state index contributed by atoms with van der Waals surface area (Å²) in [5.74, 6) is 2.40. The lowest BCUT2D eigenvalue weighted by atomic mass is 9.78. The number of hydrogen-bond donors (Lipinski definition) is 0. The van der Waals surface area contributed by atoms with Gasteiger partial charge in [-0.05, 0) is 62.5 Å². The summed E-state index contributed by atoms with van der Waals surface area (Å²) >= 11 is 1.78. The molecular formula is C23H30N4OS. The van der Waals surface area contributed by atoms with Crippen LogP contribution in [0.4, 0.5) is 5.95 Å². The van der Waals surface area contributed by atoms with E-state index >= 15 is 0 Å².